The van der Waals surface area contributed by atoms with Gasteiger partial charge >= 0.3 is 0 Å². The summed E-state index contributed by atoms with van der Waals surface area (Å²) in [5, 5.41) is 5.09. The van der Waals surface area contributed by atoms with Crippen LogP contribution in [0.4, 0.5) is 0 Å². The van der Waals surface area contributed by atoms with Crippen LogP contribution in [0.15, 0.2) is 0 Å². The Hall–Kier alpha value is -2.09. The third-order valence-corrected chi connectivity index (χ3v) is 3.80. The Labute approximate surface area is 148 Å². The monoisotopic (exact) mass is 353 g/mol. The highest BCUT2D eigenvalue weighted by Gasteiger charge is 2.29. The molecule has 0 aliphatic carbocycles. The second-order valence-corrected chi connectivity index (χ2v) is 6.07. The maximum Gasteiger partial charge on any atom is 0.243 e. The van der Waals surface area contributed by atoms with Crippen LogP contribution in [-0.2, 0) is 24.0 Å². The molecule has 0 aromatic rings. The zero-order valence-electron chi connectivity index (χ0n) is 15.1. The minimum Gasteiger partial charge on any atom is -0.345 e. The molecule has 0 saturated carbocycles. The summed E-state index contributed by atoms with van der Waals surface area (Å²) >= 11 is 0. The molecule has 8 nitrogen and oxygen atoms in total. The number of nitrogens with one attached hydrogen (secondary N) is 2. The molecule has 4 N–H and O–H groups in total. The number of carbonyl (C=O) groups is 5. The van der Waals surface area contributed by atoms with Crippen LogP contribution in [0.3, 0.4) is 0 Å². The Morgan fingerprint density at radius 2 is 1.68 bits per heavy atom. The average Bonchev–Trinajstić information content (AvgIpc) is 2.56. The highest BCUT2D eigenvalue weighted by molar-refractivity contribution is 6.03. The van der Waals surface area contributed by atoms with Gasteiger partial charge in [0, 0.05) is 6.42 Å². The molecule has 0 bridgehead atoms. The van der Waals surface area contributed by atoms with Gasteiger partial charge in [0.1, 0.15) is 18.1 Å². The zero-order chi connectivity index (χ0) is 19.6. The zero-order valence-corrected chi connectivity index (χ0v) is 15.1. The number of Topliss-reactive ketones (excluding diaryl/α,β-unsaturated/α-hetero) is 2. The third kappa shape index (κ3) is 8.53. The van der Waals surface area contributed by atoms with E-state index in [0.29, 0.717) is 12.7 Å². The van der Waals surface area contributed by atoms with E-state index in [-0.39, 0.29) is 12.3 Å². The Morgan fingerprint density at radius 1 is 1.08 bits per heavy atom. The van der Waals surface area contributed by atoms with E-state index in [1.165, 1.54) is 13.8 Å². The van der Waals surface area contributed by atoms with E-state index in [0.717, 1.165) is 0 Å². The average molecular weight is 353 g/mol. The van der Waals surface area contributed by atoms with Crippen molar-refractivity contribution in [3.8, 4) is 0 Å². The molecule has 0 rings (SSSR count). The van der Waals surface area contributed by atoms with Crippen LogP contribution in [0, 0.1) is 12.3 Å². The number of carbonyl (C=O) groups excluding carboxylic acids is 5. The molecule has 2 amide bonds. The van der Waals surface area contributed by atoms with Crippen molar-refractivity contribution in [3.63, 3.8) is 0 Å². The molecule has 0 saturated heterocycles. The summed E-state index contributed by atoms with van der Waals surface area (Å²) in [6.45, 7) is 6.64. The molecule has 0 fully saturated rings. The first-order valence-corrected chi connectivity index (χ1v) is 8.21. The molecule has 0 heterocycles. The van der Waals surface area contributed by atoms with Gasteiger partial charge in [0.15, 0.2) is 5.78 Å². The molecule has 8 heteroatoms. The van der Waals surface area contributed by atoms with E-state index < -0.39 is 47.9 Å². The summed E-state index contributed by atoms with van der Waals surface area (Å²) in [6, 6.07) is -2.49. The highest BCUT2D eigenvalue weighted by atomic mass is 16.2. The minimum absolute atomic E-state index is 0.163. The molecular formula is C17H27N3O5. The number of nitrogens with two attached hydrogens (primary N) is 1. The van der Waals surface area contributed by atoms with Crippen LogP contribution in [-0.4, -0.2) is 47.8 Å². The molecule has 0 aliphatic heterocycles. The quantitative estimate of drug-likeness (QED) is 0.322. The summed E-state index contributed by atoms with van der Waals surface area (Å²) in [5.41, 5.74) is 5.50. The fourth-order valence-corrected chi connectivity index (χ4v) is 1.94. The Morgan fingerprint density at radius 3 is 2.16 bits per heavy atom. The van der Waals surface area contributed by atoms with Crippen molar-refractivity contribution in [2.24, 2.45) is 11.7 Å². The van der Waals surface area contributed by atoms with Gasteiger partial charge in [0.2, 0.25) is 11.8 Å². The van der Waals surface area contributed by atoms with Crippen LogP contribution in [0.2, 0.25) is 0 Å². The lowest BCUT2D eigenvalue weighted by atomic mass is 9.97. The van der Waals surface area contributed by atoms with Crippen LogP contribution >= 0.6 is 0 Å². The molecule has 2 radical (unpaired) electrons. The molecule has 0 aromatic heterocycles. The van der Waals surface area contributed by atoms with Gasteiger partial charge in [-0.2, -0.15) is 0 Å². The van der Waals surface area contributed by atoms with Gasteiger partial charge in [0.05, 0.1) is 24.9 Å². The molecule has 0 spiro atoms. The number of ketones is 2. The van der Waals surface area contributed by atoms with Gasteiger partial charge < -0.3 is 21.2 Å². The van der Waals surface area contributed by atoms with Gasteiger partial charge in [0.25, 0.3) is 0 Å². The maximum absolute atomic E-state index is 12.4. The van der Waals surface area contributed by atoms with E-state index in [4.69, 9.17) is 5.73 Å². The standard InChI is InChI=1S/C17H27N3O5/c1-5-10(2)15(20-16(24)11(3)18)17(25)19-12(4)14(23)9-13(22)7-6-8-21/h8,10-12,15H,5,7,9,18H2,1-4H3,(H,19,25)(H,20,24)/t10-,11-,12-,15-/m0/s1. The predicted molar refractivity (Wildman–Crippen MR) is 91.2 cm³/mol. The Kier molecular flexibility index (Phi) is 10.5. The molecular weight excluding hydrogens is 326 g/mol. The van der Waals surface area contributed by atoms with Crippen LogP contribution in [0.25, 0.3) is 0 Å². The SMILES string of the molecule is CC[C@H](C)[C@H](NC(=O)[C@H](C)N)C(=O)N[C@@H](C)C(=O)CC(=O)C[C]C=O. The summed E-state index contributed by atoms with van der Waals surface area (Å²) in [5.74, 6) is -2.07. The second kappa shape index (κ2) is 11.5. The van der Waals surface area contributed by atoms with Gasteiger partial charge in [-0.25, -0.2) is 0 Å². The molecule has 0 aliphatic rings. The van der Waals surface area contributed by atoms with E-state index in [2.05, 4.69) is 17.1 Å². The summed E-state index contributed by atoms with van der Waals surface area (Å²) in [6.07, 6.45) is 2.54. The highest BCUT2D eigenvalue weighted by Crippen LogP contribution is 2.09. The molecule has 140 valence electrons. The third-order valence-electron chi connectivity index (χ3n) is 3.80. The number of hydrogen-bond acceptors (Lipinski definition) is 6. The van der Waals surface area contributed by atoms with Crippen molar-refractivity contribution in [2.45, 2.75) is 65.1 Å². The van der Waals surface area contributed by atoms with Crippen molar-refractivity contribution in [3.05, 3.63) is 6.42 Å². The number of rotatable bonds is 12. The fourth-order valence-electron chi connectivity index (χ4n) is 1.94. The molecule has 0 unspecified atom stereocenters. The first-order chi connectivity index (χ1) is 11.6. The lowest BCUT2D eigenvalue weighted by molar-refractivity contribution is -0.133. The van der Waals surface area contributed by atoms with Gasteiger partial charge in [-0.15, -0.1) is 0 Å². The van der Waals surface area contributed by atoms with Crippen molar-refractivity contribution >= 4 is 29.7 Å². The van der Waals surface area contributed by atoms with Crippen LogP contribution < -0.4 is 16.4 Å². The predicted octanol–water partition coefficient (Wildman–Crippen LogP) is -0.432. The van der Waals surface area contributed by atoms with Gasteiger partial charge in [-0.1, -0.05) is 20.3 Å². The largest absolute Gasteiger partial charge is 0.345 e. The topological polar surface area (TPSA) is 135 Å². The summed E-state index contributed by atoms with van der Waals surface area (Å²) in [4.78, 5) is 57.8. The lowest BCUT2D eigenvalue weighted by Gasteiger charge is -2.25. The first-order valence-electron chi connectivity index (χ1n) is 8.21. The molecule has 0 aromatic carbocycles. The van der Waals surface area contributed by atoms with E-state index in [1.54, 1.807) is 6.92 Å². The van der Waals surface area contributed by atoms with Crippen molar-refractivity contribution in [2.75, 3.05) is 0 Å². The van der Waals surface area contributed by atoms with Crippen LogP contribution in [0.1, 0.15) is 47.0 Å². The first kappa shape index (κ1) is 22.9. The van der Waals surface area contributed by atoms with Crippen molar-refractivity contribution in [1.82, 2.24) is 10.6 Å². The van der Waals surface area contributed by atoms with Crippen LogP contribution in [0.5, 0.6) is 0 Å². The maximum atomic E-state index is 12.4. The summed E-state index contributed by atoms with van der Waals surface area (Å²) in [7, 11) is 0. The smallest absolute Gasteiger partial charge is 0.243 e. The lowest BCUT2D eigenvalue weighted by Crippen LogP contribution is -2.55. The van der Waals surface area contributed by atoms with Gasteiger partial charge in [-0.05, 0) is 19.8 Å². The van der Waals surface area contributed by atoms with Crippen molar-refractivity contribution in [1.29, 1.82) is 0 Å². The molecule has 25 heavy (non-hydrogen) atoms. The minimum atomic E-state index is -0.897. The number of aldehydes is 1. The van der Waals surface area contributed by atoms with E-state index >= 15 is 0 Å². The fraction of sp³-hybridized carbons (Fsp3) is 0.647. The summed E-state index contributed by atoms with van der Waals surface area (Å²) < 4.78 is 0. The number of hydrogen-bond donors (Lipinski definition) is 3. The Balaban J connectivity index is 4.80. The van der Waals surface area contributed by atoms with E-state index in [9.17, 15) is 24.0 Å². The van der Waals surface area contributed by atoms with Crippen molar-refractivity contribution < 1.29 is 24.0 Å². The van der Waals surface area contributed by atoms with Gasteiger partial charge in [-0.3, -0.25) is 19.2 Å². The molecule has 4 atom stereocenters. The van der Waals surface area contributed by atoms with E-state index in [1.807, 2.05) is 6.92 Å². The normalized spacial score (nSPS) is 15.4. The Bertz CT molecular complexity index is 505. The number of amides is 2. The second-order valence-electron chi connectivity index (χ2n) is 6.07.